The van der Waals surface area contributed by atoms with Crippen molar-refractivity contribution in [2.45, 2.75) is 6.18 Å². The molecule has 0 bridgehead atoms. The first-order valence-electron chi connectivity index (χ1n) is 7.57. The maximum Gasteiger partial charge on any atom is 0.416 e. The second kappa shape index (κ2) is 7.86. The molecule has 4 nitrogen and oxygen atoms in total. The summed E-state index contributed by atoms with van der Waals surface area (Å²) in [6.07, 6.45) is 0.195. The van der Waals surface area contributed by atoms with Gasteiger partial charge >= 0.3 is 6.18 Å². The zero-order valence-corrected chi connectivity index (χ0v) is 15.1. The lowest BCUT2D eigenvalue weighted by atomic mass is 10.1. The topological polar surface area (TPSA) is 46.4 Å². The van der Waals surface area contributed by atoms with Gasteiger partial charge in [0.1, 0.15) is 0 Å². The fraction of sp³-hybridized carbons (Fsp3) is 0.111. The number of aromatic nitrogens is 2. The molecule has 0 fully saturated rings. The average Bonchev–Trinajstić information content (AvgIpc) is 3.17. The molecule has 138 valence electrons. The van der Waals surface area contributed by atoms with Crippen LogP contribution in [0.1, 0.15) is 16.8 Å². The van der Waals surface area contributed by atoms with Gasteiger partial charge in [0.15, 0.2) is 10.1 Å². The van der Waals surface area contributed by atoms with E-state index in [0.717, 1.165) is 12.1 Å². The zero-order chi connectivity index (χ0) is 19.4. The molecule has 0 aliphatic carbocycles. The first-order valence-corrected chi connectivity index (χ1v) is 8.83. The molecule has 3 rings (SSSR count). The Morgan fingerprint density at radius 1 is 1.41 bits per heavy atom. The van der Waals surface area contributed by atoms with Gasteiger partial charge in [-0.05, 0) is 24.3 Å². The number of amides is 1. The van der Waals surface area contributed by atoms with Crippen LogP contribution in [0.3, 0.4) is 0 Å². The third kappa shape index (κ3) is 4.70. The SMILES string of the molecule is O=C(/C=C/c1c(Cl)nc2sccn12)NCC#Cc1cccc(C(F)(F)F)c1. The van der Waals surface area contributed by atoms with Gasteiger partial charge in [-0.2, -0.15) is 13.2 Å². The standard InChI is InChI=1S/C18H11ClF3N3OS/c19-16-14(25-9-10-27-17(25)24-16)6-7-15(26)23-8-2-4-12-3-1-5-13(11-12)18(20,21)22/h1,3,5-7,9-11H,8H2,(H,23,26)/b7-6+. The van der Waals surface area contributed by atoms with Crippen molar-refractivity contribution in [2.24, 2.45) is 0 Å². The fourth-order valence-corrected chi connectivity index (χ4v) is 3.20. The van der Waals surface area contributed by atoms with Crippen LogP contribution in [0.25, 0.3) is 11.0 Å². The number of rotatable bonds is 3. The highest BCUT2D eigenvalue weighted by Gasteiger charge is 2.30. The molecular weight excluding hydrogens is 399 g/mol. The molecule has 0 radical (unpaired) electrons. The monoisotopic (exact) mass is 409 g/mol. The Balaban J connectivity index is 1.59. The molecule has 0 aliphatic heterocycles. The van der Waals surface area contributed by atoms with Crippen LogP contribution in [0.15, 0.2) is 41.9 Å². The van der Waals surface area contributed by atoms with Gasteiger partial charge in [-0.1, -0.05) is 29.5 Å². The van der Waals surface area contributed by atoms with E-state index in [-0.39, 0.29) is 17.3 Å². The Kier molecular flexibility index (Phi) is 5.54. The minimum Gasteiger partial charge on any atom is -0.342 e. The molecule has 1 N–H and O–H groups in total. The van der Waals surface area contributed by atoms with E-state index in [1.165, 1.54) is 35.6 Å². The highest BCUT2D eigenvalue weighted by Crippen LogP contribution is 2.29. The van der Waals surface area contributed by atoms with E-state index in [9.17, 15) is 18.0 Å². The summed E-state index contributed by atoms with van der Waals surface area (Å²) in [6.45, 7) is -0.00653. The third-order valence-corrected chi connectivity index (χ3v) is 4.46. The molecule has 2 aromatic heterocycles. The van der Waals surface area contributed by atoms with E-state index >= 15 is 0 Å². The number of halogens is 4. The highest BCUT2D eigenvalue weighted by atomic mass is 35.5. The summed E-state index contributed by atoms with van der Waals surface area (Å²) in [5, 5.41) is 4.66. The van der Waals surface area contributed by atoms with Crippen LogP contribution in [0.2, 0.25) is 5.15 Å². The number of thiazole rings is 1. The summed E-state index contributed by atoms with van der Waals surface area (Å²) in [6, 6.07) is 4.69. The van der Waals surface area contributed by atoms with Gasteiger partial charge < -0.3 is 5.32 Å². The molecule has 1 aromatic carbocycles. The molecular formula is C18H11ClF3N3OS. The predicted molar refractivity (Wildman–Crippen MR) is 98.4 cm³/mol. The van der Waals surface area contributed by atoms with Gasteiger partial charge in [0, 0.05) is 23.2 Å². The van der Waals surface area contributed by atoms with Crippen LogP contribution in [-0.4, -0.2) is 21.8 Å². The van der Waals surface area contributed by atoms with Crippen LogP contribution in [0.4, 0.5) is 13.2 Å². The number of carbonyl (C=O) groups excluding carboxylic acids is 1. The summed E-state index contributed by atoms with van der Waals surface area (Å²) in [5.41, 5.74) is 0.0392. The average molecular weight is 410 g/mol. The number of hydrogen-bond acceptors (Lipinski definition) is 3. The maximum atomic E-state index is 12.6. The minimum atomic E-state index is -4.42. The molecule has 0 spiro atoms. The lowest BCUT2D eigenvalue weighted by molar-refractivity contribution is -0.137. The molecule has 27 heavy (non-hydrogen) atoms. The van der Waals surface area contributed by atoms with Gasteiger partial charge in [0.25, 0.3) is 0 Å². The van der Waals surface area contributed by atoms with E-state index in [4.69, 9.17) is 11.6 Å². The molecule has 3 aromatic rings. The quantitative estimate of drug-likeness (QED) is 0.519. The molecule has 9 heteroatoms. The first kappa shape index (κ1) is 19.0. The second-order valence-corrected chi connectivity index (χ2v) is 6.51. The van der Waals surface area contributed by atoms with E-state index in [2.05, 4.69) is 22.1 Å². The second-order valence-electron chi connectivity index (χ2n) is 5.27. The van der Waals surface area contributed by atoms with Crippen molar-refractivity contribution in [1.29, 1.82) is 0 Å². The Hall–Kier alpha value is -2.76. The summed E-state index contributed by atoms with van der Waals surface area (Å²) in [7, 11) is 0. The normalized spacial score (nSPS) is 11.6. The zero-order valence-electron chi connectivity index (χ0n) is 13.5. The van der Waals surface area contributed by atoms with Crippen LogP contribution >= 0.6 is 22.9 Å². The number of nitrogens with one attached hydrogen (secondary N) is 1. The van der Waals surface area contributed by atoms with E-state index in [1.807, 2.05) is 5.38 Å². The number of carbonyl (C=O) groups is 1. The lowest BCUT2D eigenvalue weighted by Gasteiger charge is -2.05. The van der Waals surface area contributed by atoms with Gasteiger partial charge in [0.2, 0.25) is 5.91 Å². The Bertz CT molecular complexity index is 1070. The predicted octanol–water partition coefficient (Wildman–Crippen LogP) is 4.25. The van der Waals surface area contributed by atoms with Gasteiger partial charge in [-0.3, -0.25) is 9.20 Å². The van der Waals surface area contributed by atoms with E-state index in [1.54, 1.807) is 10.6 Å². The molecule has 0 saturated heterocycles. The summed E-state index contributed by atoms with van der Waals surface area (Å²) < 4.78 is 39.7. The number of benzene rings is 1. The van der Waals surface area contributed by atoms with Crippen LogP contribution in [-0.2, 0) is 11.0 Å². The fourth-order valence-electron chi connectivity index (χ4n) is 2.19. The smallest absolute Gasteiger partial charge is 0.342 e. The van der Waals surface area contributed by atoms with Gasteiger partial charge in [-0.15, -0.1) is 11.3 Å². The van der Waals surface area contributed by atoms with Crippen LogP contribution in [0.5, 0.6) is 0 Å². The number of fused-ring (bicyclic) bond motifs is 1. The van der Waals surface area contributed by atoms with Crippen molar-refractivity contribution >= 4 is 39.9 Å². The minimum absolute atomic E-state index is 0.00653. The summed E-state index contributed by atoms with van der Waals surface area (Å²) in [4.78, 5) is 16.7. The molecule has 0 aliphatic rings. The lowest BCUT2D eigenvalue weighted by Crippen LogP contribution is -2.21. The Morgan fingerprint density at radius 3 is 3.00 bits per heavy atom. The number of imidazole rings is 1. The molecule has 0 atom stereocenters. The highest BCUT2D eigenvalue weighted by molar-refractivity contribution is 7.15. The third-order valence-electron chi connectivity index (χ3n) is 3.42. The number of nitrogens with zero attached hydrogens (tertiary/aromatic N) is 2. The molecule has 0 unspecified atom stereocenters. The van der Waals surface area contributed by atoms with Crippen molar-refractivity contribution in [2.75, 3.05) is 6.54 Å². The van der Waals surface area contributed by atoms with Crippen molar-refractivity contribution in [1.82, 2.24) is 14.7 Å². The van der Waals surface area contributed by atoms with Gasteiger partial charge in [0.05, 0.1) is 17.8 Å². The molecule has 1 amide bonds. The molecule has 0 saturated carbocycles. The Morgan fingerprint density at radius 2 is 2.22 bits per heavy atom. The number of hydrogen-bond donors (Lipinski definition) is 1. The first-order chi connectivity index (χ1) is 12.8. The number of alkyl halides is 3. The summed E-state index contributed by atoms with van der Waals surface area (Å²) >= 11 is 7.44. The van der Waals surface area contributed by atoms with Crippen LogP contribution < -0.4 is 5.32 Å². The van der Waals surface area contributed by atoms with Crippen molar-refractivity contribution in [3.8, 4) is 11.8 Å². The Labute approximate surface area is 161 Å². The van der Waals surface area contributed by atoms with Crippen LogP contribution in [0, 0.1) is 11.8 Å². The van der Waals surface area contributed by atoms with Crippen molar-refractivity contribution in [3.63, 3.8) is 0 Å². The van der Waals surface area contributed by atoms with Gasteiger partial charge in [-0.25, -0.2) is 4.98 Å². The van der Waals surface area contributed by atoms with Crippen molar-refractivity contribution in [3.05, 3.63) is 63.9 Å². The van der Waals surface area contributed by atoms with Crippen molar-refractivity contribution < 1.29 is 18.0 Å². The van der Waals surface area contributed by atoms with E-state index in [0.29, 0.717) is 10.7 Å². The molecule has 2 heterocycles. The largest absolute Gasteiger partial charge is 0.416 e. The van der Waals surface area contributed by atoms with E-state index < -0.39 is 17.6 Å². The summed E-state index contributed by atoms with van der Waals surface area (Å²) in [5.74, 6) is 4.80. The maximum absolute atomic E-state index is 12.6.